The van der Waals surface area contributed by atoms with E-state index in [1.165, 1.54) is 0 Å². The SMILES string of the molecule is C=CCC1C2C[C@H](C)CN1CN(C(=O)Cc1ccccc1)O2. The van der Waals surface area contributed by atoms with Crippen LogP contribution in [0, 0.1) is 5.92 Å². The molecule has 0 aromatic heterocycles. The molecule has 4 nitrogen and oxygen atoms in total. The minimum Gasteiger partial charge on any atom is -0.278 e. The first-order chi connectivity index (χ1) is 10.7. The highest BCUT2D eigenvalue weighted by molar-refractivity contribution is 5.77. The lowest BCUT2D eigenvalue weighted by molar-refractivity contribution is -0.277. The molecule has 4 atom stereocenters. The largest absolute Gasteiger partial charge is 0.278 e. The third-order valence-electron chi connectivity index (χ3n) is 4.54. The molecule has 2 aliphatic heterocycles. The van der Waals surface area contributed by atoms with Gasteiger partial charge in [-0.3, -0.25) is 14.5 Å². The highest BCUT2D eigenvalue weighted by Crippen LogP contribution is 2.31. The van der Waals surface area contributed by atoms with Crippen LogP contribution in [0.3, 0.4) is 0 Å². The summed E-state index contributed by atoms with van der Waals surface area (Å²) in [5, 5.41) is 1.56. The van der Waals surface area contributed by atoms with E-state index in [1.807, 2.05) is 36.4 Å². The van der Waals surface area contributed by atoms with Crippen molar-refractivity contribution in [3.05, 3.63) is 48.6 Å². The number of hydrogen-bond donors (Lipinski definition) is 0. The molecule has 2 fully saturated rings. The van der Waals surface area contributed by atoms with Gasteiger partial charge in [0.15, 0.2) is 0 Å². The molecule has 118 valence electrons. The highest BCUT2D eigenvalue weighted by atomic mass is 16.7. The number of piperidine rings is 1. The van der Waals surface area contributed by atoms with Crippen LogP contribution in [-0.4, -0.2) is 41.2 Å². The summed E-state index contributed by atoms with van der Waals surface area (Å²) in [7, 11) is 0. The lowest BCUT2D eigenvalue weighted by Gasteiger charge is -2.50. The zero-order valence-corrected chi connectivity index (χ0v) is 13.1. The molecular formula is C18H24N2O2. The van der Waals surface area contributed by atoms with E-state index in [4.69, 9.17) is 4.84 Å². The van der Waals surface area contributed by atoms with Crippen LogP contribution in [0.4, 0.5) is 0 Å². The van der Waals surface area contributed by atoms with Gasteiger partial charge < -0.3 is 0 Å². The van der Waals surface area contributed by atoms with Gasteiger partial charge in [0.05, 0.1) is 6.42 Å². The summed E-state index contributed by atoms with van der Waals surface area (Å²) < 4.78 is 0. The molecule has 3 unspecified atom stereocenters. The Morgan fingerprint density at radius 3 is 2.86 bits per heavy atom. The van der Waals surface area contributed by atoms with Gasteiger partial charge in [0.1, 0.15) is 12.8 Å². The molecule has 1 aromatic rings. The van der Waals surface area contributed by atoms with E-state index >= 15 is 0 Å². The second-order valence-electron chi connectivity index (χ2n) is 6.42. The van der Waals surface area contributed by atoms with Gasteiger partial charge in [-0.2, -0.15) is 0 Å². The molecule has 4 heteroatoms. The van der Waals surface area contributed by atoms with Crippen molar-refractivity contribution >= 4 is 5.91 Å². The Bertz CT molecular complexity index is 515. The molecule has 2 aliphatic rings. The molecule has 2 bridgehead atoms. The second kappa shape index (κ2) is 6.63. The smallest absolute Gasteiger partial charge is 0.251 e. The van der Waals surface area contributed by atoms with E-state index in [9.17, 15) is 4.79 Å². The van der Waals surface area contributed by atoms with Gasteiger partial charge in [-0.25, -0.2) is 5.06 Å². The Balaban J connectivity index is 1.67. The van der Waals surface area contributed by atoms with Crippen LogP contribution in [-0.2, 0) is 16.1 Å². The van der Waals surface area contributed by atoms with E-state index in [1.54, 1.807) is 5.06 Å². The van der Waals surface area contributed by atoms with E-state index in [-0.39, 0.29) is 12.0 Å². The van der Waals surface area contributed by atoms with Gasteiger partial charge in [-0.05, 0) is 24.3 Å². The fourth-order valence-corrected chi connectivity index (χ4v) is 3.50. The van der Waals surface area contributed by atoms with Crippen LogP contribution in [0.2, 0.25) is 0 Å². The molecule has 0 radical (unpaired) electrons. The molecule has 2 heterocycles. The van der Waals surface area contributed by atoms with Crippen molar-refractivity contribution < 1.29 is 9.63 Å². The number of nitrogens with zero attached hydrogens (tertiary/aromatic N) is 2. The lowest BCUT2D eigenvalue weighted by atomic mass is 9.89. The molecule has 0 N–H and O–H groups in total. The molecule has 2 saturated heterocycles. The number of benzene rings is 1. The molecule has 1 amide bonds. The summed E-state index contributed by atoms with van der Waals surface area (Å²) >= 11 is 0. The van der Waals surface area contributed by atoms with Crippen molar-refractivity contribution in [3.8, 4) is 0 Å². The molecule has 22 heavy (non-hydrogen) atoms. The zero-order chi connectivity index (χ0) is 15.5. The summed E-state index contributed by atoms with van der Waals surface area (Å²) in [5.74, 6) is 0.644. The van der Waals surface area contributed by atoms with Crippen LogP contribution in [0.5, 0.6) is 0 Å². The van der Waals surface area contributed by atoms with Crippen molar-refractivity contribution in [2.24, 2.45) is 5.92 Å². The van der Waals surface area contributed by atoms with Crippen molar-refractivity contribution in [2.75, 3.05) is 13.2 Å². The predicted octanol–water partition coefficient (Wildman–Crippen LogP) is 2.62. The minimum atomic E-state index is 0.0350. The quantitative estimate of drug-likeness (QED) is 0.801. The fraction of sp³-hybridized carbons (Fsp3) is 0.500. The topological polar surface area (TPSA) is 32.8 Å². The predicted molar refractivity (Wildman–Crippen MR) is 85.8 cm³/mol. The zero-order valence-electron chi connectivity index (χ0n) is 13.1. The first-order valence-corrected chi connectivity index (χ1v) is 8.03. The monoisotopic (exact) mass is 300 g/mol. The number of amides is 1. The van der Waals surface area contributed by atoms with E-state index in [0.29, 0.717) is 25.0 Å². The summed E-state index contributed by atoms with van der Waals surface area (Å²) in [5.41, 5.74) is 1.03. The third kappa shape index (κ3) is 3.23. The number of rotatable bonds is 4. The van der Waals surface area contributed by atoms with Crippen LogP contribution >= 0.6 is 0 Å². The number of fused-ring (bicyclic) bond motifs is 2. The number of carbonyl (C=O) groups excluding carboxylic acids is 1. The average Bonchev–Trinajstić information content (AvgIpc) is 2.49. The van der Waals surface area contributed by atoms with E-state index in [2.05, 4.69) is 18.4 Å². The maximum absolute atomic E-state index is 12.5. The van der Waals surface area contributed by atoms with Crippen molar-refractivity contribution in [3.63, 3.8) is 0 Å². The minimum absolute atomic E-state index is 0.0350. The Kier molecular flexibility index (Phi) is 4.60. The van der Waals surface area contributed by atoms with E-state index in [0.717, 1.165) is 24.9 Å². The molecule has 1 aromatic carbocycles. The van der Waals surface area contributed by atoms with Gasteiger partial charge in [0, 0.05) is 12.6 Å². The standard InChI is InChI=1S/C18H24N2O2/c1-3-7-16-17-10-14(2)12-19(16)13-20(22-17)18(21)11-15-8-5-4-6-9-15/h3-6,8-9,14,16-17H,1,7,10-13H2,2H3/t14-,16?,17?/m0/s1. The molecule has 3 rings (SSSR count). The van der Waals surface area contributed by atoms with Crippen LogP contribution in [0.1, 0.15) is 25.3 Å². The van der Waals surface area contributed by atoms with E-state index < -0.39 is 0 Å². The van der Waals surface area contributed by atoms with Gasteiger partial charge in [-0.15, -0.1) is 6.58 Å². The Hall–Kier alpha value is -1.65. The normalized spacial score (nSPS) is 30.9. The van der Waals surface area contributed by atoms with Crippen LogP contribution < -0.4 is 0 Å². The Labute approximate surface area is 132 Å². The number of hydrogen-bond acceptors (Lipinski definition) is 3. The molecule has 0 saturated carbocycles. The first-order valence-electron chi connectivity index (χ1n) is 8.03. The van der Waals surface area contributed by atoms with Gasteiger partial charge in [-0.1, -0.05) is 43.3 Å². The van der Waals surface area contributed by atoms with Gasteiger partial charge in [0.2, 0.25) is 0 Å². The van der Waals surface area contributed by atoms with Crippen molar-refractivity contribution in [1.82, 2.24) is 9.96 Å². The molecule has 0 spiro atoms. The summed E-state index contributed by atoms with van der Waals surface area (Å²) in [4.78, 5) is 20.9. The maximum atomic E-state index is 12.5. The summed E-state index contributed by atoms with van der Waals surface area (Å²) in [6.45, 7) is 7.68. The van der Waals surface area contributed by atoms with Crippen molar-refractivity contribution in [2.45, 2.75) is 38.3 Å². The van der Waals surface area contributed by atoms with Gasteiger partial charge in [0.25, 0.3) is 5.91 Å². The lowest BCUT2D eigenvalue weighted by Crippen LogP contribution is -2.62. The third-order valence-corrected chi connectivity index (χ3v) is 4.54. The second-order valence-corrected chi connectivity index (χ2v) is 6.42. The highest BCUT2D eigenvalue weighted by Gasteiger charge is 2.41. The molecule has 0 aliphatic carbocycles. The summed E-state index contributed by atoms with van der Waals surface area (Å²) in [6, 6.07) is 10.2. The Morgan fingerprint density at radius 2 is 2.18 bits per heavy atom. The van der Waals surface area contributed by atoms with Crippen molar-refractivity contribution in [1.29, 1.82) is 0 Å². The van der Waals surface area contributed by atoms with Crippen LogP contribution in [0.15, 0.2) is 43.0 Å². The summed E-state index contributed by atoms with van der Waals surface area (Å²) in [6.07, 6.45) is 4.35. The molecular weight excluding hydrogens is 276 g/mol. The average molecular weight is 300 g/mol. The number of carbonyl (C=O) groups is 1. The van der Waals surface area contributed by atoms with Gasteiger partial charge >= 0.3 is 0 Å². The first kappa shape index (κ1) is 15.3. The maximum Gasteiger partial charge on any atom is 0.251 e. The fourth-order valence-electron chi connectivity index (χ4n) is 3.50. The Morgan fingerprint density at radius 1 is 1.41 bits per heavy atom. The van der Waals surface area contributed by atoms with Crippen LogP contribution in [0.25, 0.3) is 0 Å². The number of hydroxylamine groups is 2.